The van der Waals surface area contributed by atoms with Gasteiger partial charge < -0.3 is 0 Å². The van der Waals surface area contributed by atoms with Crippen molar-refractivity contribution in [3.8, 4) is 0 Å². The van der Waals surface area contributed by atoms with Crippen molar-refractivity contribution in [1.82, 2.24) is 0 Å². The lowest BCUT2D eigenvalue weighted by atomic mass is 10.5. The van der Waals surface area contributed by atoms with Gasteiger partial charge in [0.1, 0.15) is 0 Å². The highest BCUT2D eigenvalue weighted by Gasteiger charge is 2.01. The number of hydrogen-bond donors (Lipinski definition) is 0. The molecular formula is C6H10O2S. The van der Waals surface area contributed by atoms with Crippen molar-refractivity contribution in [1.29, 1.82) is 0 Å². The van der Waals surface area contributed by atoms with E-state index in [2.05, 4.69) is 6.58 Å². The maximum Gasteiger partial charge on any atom is 0.171 e. The second-order valence-electron chi connectivity index (χ2n) is 1.79. The van der Waals surface area contributed by atoms with E-state index in [-0.39, 0.29) is 0 Å². The van der Waals surface area contributed by atoms with Crippen LogP contribution in [0.4, 0.5) is 0 Å². The second kappa shape index (κ2) is 2.82. The summed E-state index contributed by atoms with van der Waals surface area (Å²) >= 11 is 0. The summed E-state index contributed by atoms with van der Waals surface area (Å²) in [5, 5.41) is 0. The molecule has 0 atom stereocenters. The van der Waals surface area contributed by atoms with Crippen LogP contribution in [0.3, 0.4) is 0 Å². The van der Waals surface area contributed by atoms with Gasteiger partial charge in [-0.25, -0.2) is 8.42 Å². The van der Waals surface area contributed by atoms with Gasteiger partial charge in [0, 0.05) is 11.2 Å². The quantitative estimate of drug-likeness (QED) is 0.547. The van der Waals surface area contributed by atoms with E-state index in [0.29, 0.717) is 4.91 Å². The Balaban J connectivity index is 4.61. The van der Waals surface area contributed by atoms with Crippen molar-refractivity contribution in [3.05, 3.63) is 23.6 Å². The molecule has 2 nitrogen and oxygen atoms in total. The van der Waals surface area contributed by atoms with Crippen molar-refractivity contribution < 1.29 is 8.42 Å². The van der Waals surface area contributed by atoms with Crippen LogP contribution in [0.5, 0.6) is 0 Å². The van der Waals surface area contributed by atoms with Crippen LogP contribution in [0.1, 0.15) is 6.92 Å². The highest BCUT2D eigenvalue weighted by Crippen LogP contribution is 2.00. The van der Waals surface area contributed by atoms with E-state index in [1.54, 1.807) is 0 Å². The van der Waals surface area contributed by atoms with Crippen LogP contribution >= 0.6 is 0 Å². The van der Waals surface area contributed by atoms with Crippen LogP contribution < -0.4 is 0 Å². The van der Waals surface area contributed by atoms with E-state index >= 15 is 0 Å². The minimum Gasteiger partial charge on any atom is -0.224 e. The molecule has 0 aromatic rings. The first-order valence-corrected chi connectivity index (χ1v) is 4.37. The SMILES string of the molecule is C=C/C=C(\C)S(C)(=O)=O. The standard InChI is InChI=1S/C6H10O2S/c1-4-5-6(2)9(3,7)8/h4-5H,1H2,2-3H3/b6-5+. The molecule has 0 aromatic heterocycles. The van der Waals surface area contributed by atoms with Crippen LogP contribution in [-0.4, -0.2) is 14.7 Å². The second-order valence-corrected chi connectivity index (χ2v) is 3.97. The number of rotatable bonds is 2. The third-order valence-corrected chi connectivity index (χ3v) is 2.24. The van der Waals surface area contributed by atoms with Crippen molar-refractivity contribution in [2.75, 3.05) is 6.26 Å². The lowest BCUT2D eigenvalue weighted by Gasteiger charge is -1.91. The van der Waals surface area contributed by atoms with Crippen LogP contribution in [0.25, 0.3) is 0 Å². The third kappa shape index (κ3) is 3.08. The van der Waals surface area contributed by atoms with Gasteiger partial charge in [0.05, 0.1) is 0 Å². The number of sulfone groups is 1. The van der Waals surface area contributed by atoms with E-state index in [1.165, 1.54) is 25.3 Å². The Hall–Kier alpha value is -0.570. The molecule has 0 aliphatic rings. The molecular weight excluding hydrogens is 136 g/mol. The fourth-order valence-electron chi connectivity index (χ4n) is 0.290. The maximum absolute atomic E-state index is 10.6. The zero-order valence-electron chi connectivity index (χ0n) is 5.59. The molecule has 0 amide bonds. The van der Waals surface area contributed by atoms with Crippen LogP contribution in [-0.2, 0) is 9.84 Å². The molecule has 3 heteroatoms. The van der Waals surface area contributed by atoms with Crippen molar-refractivity contribution in [2.45, 2.75) is 6.92 Å². The zero-order chi connectivity index (χ0) is 7.49. The van der Waals surface area contributed by atoms with Crippen LogP contribution in [0, 0.1) is 0 Å². The van der Waals surface area contributed by atoms with Gasteiger partial charge >= 0.3 is 0 Å². The summed E-state index contributed by atoms with van der Waals surface area (Å²) in [5.74, 6) is 0. The van der Waals surface area contributed by atoms with Gasteiger partial charge in [-0.2, -0.15) is 0 Å². The molecule has 0 aliphatic carbocycles. The van der Waals surface area contributed by atoms with E-state index in [9.17, 15) is 8.42 Å². The van der Waals surface area contributed by atoms with Crippen molar-refractivity contribution in [2.24, 2.45) is 0 Å². The summed E-state index contributed by atoms with van der Waals surface area (Å²) in [4.78, 5) is 0.345. The molecule has 0 saturated heterocycles. The molecule has 0 rings (SSSR count). The summed E-state index contributed by atoms with van der Waals surface area (Å²) in [6.07, 6.45) is 4.09. The molecule has 9 heavy (non-hydrogen) atoms. The topological polar surface area (TPSA) is 34.1 Å². The minimum absolute atomic E-state index is 0.345. The monoisotopic (exact) mass is 146 g/mol. The molecule has 0 aliphatic heterocycles. The van der Waals surface area contributed by atoms with E-state index in [0.717, 1.165) is 0 Å². The molecule has 0 saturated carbocycles. The van der Waals surface area contributed by atoms with Gasteiger partial charge in [-0.05, 0) is 13.0 Å². The Bertz CT molecular complexity index is 221. The van der Waals surface area contributed by atoms with E-state index in [1.807, 2.05) is 0 Å². The van der Waals surface area contributed by atoms with Gasteiger partial charge in [0.15, 0.2) is 9.84 Å². The summed E-state index contributed by atoms with van der Waals surface area (Å²) in [5.41, 5.74) is 0. The Labute approximate surface area is 55.8 Å². The first kappa shape index (κ1) is 8.43. The van der Waals surface area contributed by atoms with E-state index in [4.69, 9.17) is 0 Å². The Morgan fingerprint density at radius 2 is 2.00 bits per heavy atom. The molecule has 0 aromatic carbocycles. The Morgan fingerprint density at radius 3 is 2.11 bits per heavy atom. The first-order chi connectivity index (χ1) is 3.98. The average molecular weight is 146 g/mol. The predicted octanol–water partition coefficient (Wildman–Crippen LogP) is 1.12. The molecule has 0 radical (unpaired) electrons. The minimum atomic E-state index is -2.98. The molecule has 0 fully saturated rings. The summed E-state index contributed by atoms with van der Waals surface area (Å²) in [6, 6.07) is 0. The highest BCUT2D eigenvalue weighted by atomic mass is 32.2. The third-order valence-electron chi connectivity index (χ3n) is 0.937. The predicted molar refractivity (Wildman–Crippen MR) is 38.8 cm³/mol. The molecule has 0 N–H and O–H groups in total. The van der Waals surface area contributed by atoms with E-state index < -0.39 is 9.84 Å². The summed E-state index contributed by atoms with van der Waals surface area (Å²) < 4.78 is 21.2. The van der Waals surface area contributed by atoms with Gasteiger partial charge in [-0.3, -0.25) is 0 Å². The smallest absolute Gasteiger partial charge is 0.171 e. The van der Waals surface area contributed by atoms with Gasteiger partial charge in [0.25, 0.3) is 0 Å². The van der Waals surface area contributed by atoms with Gasteiger partial charge in [0.2, 0.25) is 0 Å². The Kier molecular flexibility index (Phi) is 2.65. The fraction of sp³-hybridized carbons (Fsp3) is 0.333. The normalized spacial score (nSPS) is 13.3. The molecule has 52 valence electrons. The van der Waals surface area contributed by atoms with Crippen LogP contribution in [0.15, 0.2) is 23.6 Å². The van der Waals surface area contributed by atoms with Crippen LogP contribution in [0.2, 0.25) is 0 Å². The van der Waals surface area contributed by atoms with Crippen molar-refractivity contribution in [3.63, 3.8) is 0 Å². The first-order valence-electron chi connectivity index (χ1n) is 2.48. The zero-order valence-corrected chi connectivity index (χ0v) is 6.40. The lowest BCUT2D eigenvalue weighted by molar-refractivity contribution is 0.607. The fourth-order valence-corrected chi connectivity index (χ4v) is 0.633. The molecule has 0 bridgehead atoms. The summed E-state index contributed by atoms with van der Waals surface area (Å²) in [7, 11) is -2.98. The van der Waals surface area contributed by atoms with Gasteiger partial charge in [-0.15, -0.1) is 0 Å². The lowest BCUT2D eigenvalue weighted by Crippen LogP contribution is -1.95. The summed E-state index contributed by atoms with van der Waals surface area (Å²) in [6.45, 7) is 4.91. The number of hydrogen-bond acceptors (Lipinski definition) is 2. The molecule has 0 spiro atoms. The molecule has 0 unspecified atom stereocenters. The average Bonchev–Trinajstić information content (AvgIpc) is 1.64. The molecule has 0 heterocycles. The largest absolute Gasteiger partial charge is 0.224 e. The number of allylic oxidation sites excluding steroid dienone is 3. The maximum atomic E-state index is 10.6. The van der Waals surface area contributed by atoms with Gasteiger partial charge in [-0.1, -0.05) is 12.7 Å². The highest BCUT2D eigenvalue weighted by molar-refractivity contribution is 7.94. The van der Waals surface area contributed by atoms with Crippen molar-refractivity contribution >= 4 is 9.84 Å². The Morgan fingerprint density at radius 1 is 1.56 bits per heavy atom.